The van der Waals surface area contributed by atoms with Crippen molar-refractivity contribution in [2.24, 2.45) is 11.8 Å². The number of carboxylic acid groups (broad SMARTS) is 1. The number of halogens is 2. The van der Waals surface area contributed by atoms with Crippen LogP contribution in [-0.2, 0) is 16.1 Å². The molecular weight excluding hydrogens is 325 g/mol. The van der Waals surface area contributed by atoms with Crippen molar-refractivity contribution in [1.82, 2.24) is 4.90 Å². The molecule has 6 heteroatoms. The number of carboxylic acids is 1. The largest absolute Gasteiger partial charge is 0.481 e. The molecule has 0 bridgehead atoms. The summed E-state index contributed by atoms with van der Waals surface area (Å²) in [6, 6.07) is 5.46. The smallest absolute Gasteiger partial charge is 0.307 e. The zero-order chi connectivity index (χ0) is 15.9. The summed E-state index contributed by atoms with van der Waals surface area (Å²) in [5.74, 6) is -1.90. The molecule has 1 amide bonds. The summed E-state index contributed by atoms with van der Waals surface area (Å²) >= 11 is 12.4. The van der Waals surface area contributed by atoms with Gasteiger partial charge in [-0.1, -0.05) is 29.3 Å². The van der Waals surface area contributed by atoms with Crippen molar-refractivity contribution in [3.63, 3.8) is 0 Å². The van der Waals surface area contributed by atoms with Crippen LogP contribution < -0.4 is 0 Å². The SMILES string of the molecule is O=C(O)[C@@H]1CC[C@@H]1C(=O)N(Cc1c(Cl)cccc1Cl)C1CC1. The number of amides is 1. The average Bonchev–Trinajstić information content (AvgIpc) is 3.20. The third kappa shape index (κ3) is 2.95. The van der Waals surface area contributed by atoms with Gasteiger partial charge in [-0.2, -0.15) is 0 Å². The Kier molecular flexibility index (Phi) is 4.33. The maximum absolute atomic E-state index is 12.7. The number of benzene rings is 1. The van der Waals surface area contributed by atoms with Crippen molar-refractivity contribution in [2.75, 3.05) is 0 Å². The van der Waals surface area contributed by atoms with Crippen molar-refractivity contribution in [3.8, 4) is 0 Å². The van der Waals surface area contributed by atoms with E-state index >= 15 is 0 Å². The van der Waals surface area contributed by atoms with Gasteiger partial charge in [0.25, 0.3) is 0 Å². The van der Waals surface area contributed by atoms with Crippen LogP contribution in [0.15, 0.2) is 18.2 Å². The lowest BCUT2D eigenvalue weighted by molar-refractivity contribution is -0.157. The Labute approximate surface area is 139 Å². The van der Waals surface area contributed by atoms with Crippen molar-refractivity contribution in [3.05, 3.63) is 33.8 Å². The molecule has 0 spiro atoms. The van der Waals surface area contributed by atoms with E-state index < -0.39 is 17.8 Å². The van der Waals surface area contributed by atoms with Gasteiger partial charge in [-0.3, -0.25) is 9.59 Å². The van der Waals surface area contributed by atoms with E-state index in [-0.39, 0.29) is 11.9 Å². The molecule has 0 aromatic heterocycles. The molecule has 1 aromatic rings. The van der Waals surface area contributed by atoms with Gasteiger partial charge in [0.2, 0.25) is 5.91 Å². The molecule has 2 fully saturated rings. The highest BCUT2D eigenvalue weighted by molar-refractivity contribution is 6.36. The molecule has 1 N–H and O–H groups in total. The first-order chi connectivity index (χ1) is 10.5. The van der Waals surface area contributed by atoms with Crippen LogP contribution in [-0.4, -0.2) is 27.9 Å². The van der Waals surface area contributed by atoms with Gasteiger partial charge in [-0.25, -0.2) is 0 Å². The second-order valence-corrected chi connectivity index (χ2v) is 6.84. The lowest BCUT2D eigenvalue weighted by Gasteiger charge is -2.36. The second-order valence-electron chi connectivity index (χ2n) is 6.03. The zero-order valence-electron chi connectivity index (χ0n) is 12.0. The van der Waals surface area contributed by atoms with Crippen LogP contribution in [0.1, 0.15) is 31.2 Å². The Balaban J connectivity index is 1.79. The standard InChI is InChI=1S/C16H17Cl2NO3/c17-13-2-1-3-14(18)12(13)8-19(9-4-5-9)15(20)10-6-7-11(10)16(21)22/h1-3,9-11H,4-8H2,(H,21,22)/t10-,11+/m0/s1. The van der Waals surface area contributed by atoms with E-state index in [0.29, 0.717) is 29.4 Å². The van der Waals surface area contributed by atoms with Crippen LogP contribution in [0, 0.1) is 11.8 Å². The van der Waals surface area contributed by atoms with Crippen LogP contribution in [0.3, 0.4) is 0 Å². The minimum atomic E-state index is -0.879. The first-order valence-electron chi connectivity index (χ1n) is 7.45. The summed E-state index contributed by atoms with van der Waals surface area (Å²) in [4.78, 5) is 25.7. The van der Waals surface area contributed by atoms with Gasteiger partial charge >= 0.3 is 5.97 Å². The van der Waals surface area contributed by atoms with Gasteiger partial charge in [-0.05, 0) is 37.8 Å². The molecule has 22 heavy (non-hydrogen) atoms. The maximum atomic E-state index is 12.7. The van der Waals surface area contributed by atoms with Gasteiger partial charge in [0.05, 0.1) is 11.8 Å². The summed E-state index contributed by atoms with van der Waals surface area (Å²) in [6.07, 6.45) is 3.14. The molecule has 2 saturated carbocycles. The topological polar surface area (TPSA) is 57.6 Å². The fraction of sp³-hybridized carbons (Fsp3) is 0.500. The molecule has 2 atom stereocenters. The molecule has 0 radical (unpaired) electrons. The summed E-state index contributed by atoms with van der Waals surface area (Å²) in [7, 11) is 0. The van der Waals surface area contributed by atoms with Gasteiger partial charge in [0, 0.05) is 28.2 Å². The van der Waals surface area contributed by atoms with Crippen LogP contribution in [0.4, 0.5) is 0 Å². The fourth-order valence-corrected chi connectivity index (χ4v) is 3.45. The van der Waals surface area contributed by atoms with E-state index in [9.17, 15) is 9.59 Å². The number of aliphatic carboxylic acids is 1. The van der Waals surface area contributed by atoms with Crippen LogP contribution in [0.5, 0.6) is 0 Å². The van der Waals surface area contributed by atoms with Gasteiger partial charge in [0.1, 0.15) is 0 Å². The molecule has 2 aliphatic rings. The van der Waals surface area contributed by atoms with Gasteiger partial charge in [-0.15, -0.1) is 0 Å². The molecule has 0 saturated heterocycles. The number of hydrogen-bond acceptors (Lipinski definition) is 2. The monoisotopic (exact) mass is 341 g/mol. The molecule has 3 rings (SSSR count). The van der Waals surface area contributed by atoms with E-state index in [4.69, 9.17) is 28.3 Å². The van der Waals surface area contributed by atoms with E-state index in [1.54, 1.807) is 23.1 Å². The zero-order valence-corrected chi connectivity index (χ0v) is 13.5. The highest BCUT2D eigenvalue weighted by atomic mass is 35.5. The van der Waals surface area contributed by atoms with Crippen molar-refractivity contribution in [2.45, 2.75) is 38.3 Å². The van der Waals surface area contributed by atoms with E-state index in [1.165, 1.54) is 0 Å². The molecule has 1 aromatic carbocycles. The Bertz CT molecular complexity index is 595. The van der Waals surface area contributed by atoms with Crippen molar-refractivity contribution >= 4 is 35.1 Å². The lowest BCUT2D eigenvalue weighted by Crippen LogP contribution is -2.46. The number of carbonyl (C=O) groups is 2. The van der Waals surface area contributed by atoms with Crippen molar-refractivity contribution < 1.29 is 14.7 Å². The van der Waals surface area contributed by atoms with Crippen LogP contribution in [0.2, 0.25) is 10.0 Å². The molecular formula is C16H17Cl2NO3. The number of carbonyl (C=O) groups excluding carboxylic acids is 1. The first kappa shape index (κ1) is 15.6. The third-order valence-corrected chi connectivity index (χ3v) is 5.28. The molecule has 0 unspecified atom stereocenters. The van der Waals surface area contributed by atoms with E-state index in [1.807, 2.05) is 0 Å². The van der Waals surface area contributed by atoms with E-state index in [0.717, 1.165) is 18.4 Å². The summed E-state index contributed by atoms with van der Waals surface area (Å²) in [5, 5.41) is 10.2. The highest BCUT2D eigenvalue weighted by Crippen LogP contribution is 2.40. The van der Waals surface area contributed by atoms with Crippen molar-refractivity contribution in [1.29, 1.82) is 0 Å². The normalized spacial score (nSPS) is 23.7. The minimum absolute atomic E-state index is 0.0721. The number of nitrogens with zero attached hydrogens (tertiary/aromatic N) is 1. The fourth-order valence-electron chi connectivity index (χ4n) is 2.93. The molecule has 4 nitrogen and oxygen atoms in total. The Morgan fingerprint density at radius 2 is 1.68 bits per heavy atom. The Hall–Kier alpha value is -1.26. The Morgan fingerprint density at radius 1 is 1.09 bits per heavy atom. The predicted octanol–water partition coefficient (Wildman–Crippen LogP) is 3.60. The molecule has 2 aliphatic carbocycles. The van der Waals surface area contributed by atoms with Gasteiger partial charge in [0.15, 0.2) is 0 Å². The summed E-state index contributed by atoms with van der Waals surface area (Å²) in [6.45, 7) is 0.352. The minimum Gasteiger partial charge on any atom is -0.481 e. The Morgan fingerprint density at radius 3 is 2.14 bits per heavy atom. The second kappa shape index (κ2) is 6.09. The molecule has 0 heterocycles. The quantitative estimate of drug-likeness (QED) is 0.890. The summed E-state index contributed by atoms with van der Waals surface area (Å²) in [5.41, 5.74) is 0.734. The molecule has 0 aliphatic heterocycles. The summed E-state index contributed by atoms with van der Waals surface area (Å²) < 4.78 is 0. The average molecular weight is 342 g/mol. The van der Waals surface area contributed by atoms with Crippen LogP contribution in [0.25, 0.3) is 0 Å². The van der Waals surface area contributed by atoms with E-state index in [2.05, 4.69) is 0 Å². The van der Waals surface area contributed by atoms with Gasteiger partial charge < -0.3 is 10.0 Å². The number of rotatable bonds is 5. The number of hydrogen-bond donors (Lipinski definition) is 1. The maximum Gasteiger partial charge on any atom is 0.307 e. The first-order valence-corrected chi connectivity index (χ1v) is 8.21. The lowest BCUT2D eigenvalue weighted by atomic mass is 9.73. The highest BCUT2D eigenvalue weighted by Gasteiger charge is 2.46. The van der Waals surface area contributed by atoms with Crippen LogP contribution >= 0.6 is 23.2 Å². The predicted molar refractivity (Wildman–Crippen MR) is 83.9 cm³/mol. The third-order valence-electron chi connectivity index (χ3n) is 4.57. The molecule has 118 valence electrons.